The number of benzene rings is 1. The van der Waals surface area contributed by atoms with Crippen LogP contribution in [0.4, 0.5) is 4.39 Å². The van der Waals surface area contributed by atoms with Crippen LogP contribution in [0.15, 0.2) is 52.2 Å². The summed E-state index contributed by atoms with van der Waals surface area (Å²) in [4.78, 5) is 20.2. The third-order valence-electron chi connectivity index (χ3n) is 5.70. The third kappa shape index (κ3) is 5.92. The van der Waals surface area contributed by atoms with Gasteiger partial charge >= 0.3 is 5.97 Å². The number of methoxy groups -OCH3 is 1. The summed E-state index contributed by atoms with van der Waals surface area (Å²) in [5, 5.41) is 12.5. The van der Waals surface area contributed by atoms with Crippen LogP contribution in [0.2, 0.25) is 0 Å². The number of thiophene rings is 1. The van der Waals surface area contributed by atoms with E-state index in [0.717, 1.165) is 18.8 Å². The molecule has 0 aliphatic carbocycles. The molecule has 0 spiro atoms. The van der Waals surface area contributed by atoms with Gasteiger partial charge in [-0.05, 0) is 29.6 Å². The van der Waals surface area contributed by atoms with Gasteiger partial charge in [0, 0.05) is 49.4 Å². The zero-order valence-corrected chi connectivity index (χ0v) is 19.9. The van der Waals surface area contributed by atoms with Crippen molar-refractivity contribution in [2.24, 2.45) is 0 Å². The lowest BCUT2D eigenvalue weighted by atomic mass is 10.1. The van der Waals surface area contributed by atoms with Crippen LogP contribution < -0.4 is 4.74 Å². The number of pyridine rings is 1. The number of thioether (sulfide) groups is 1. The van der Waals surface area contributed by atoms with E-state index in [-0.39, 0.29) is 0 Å². The molecule has 2 aromatic heterocycles. The average Bonchev–Trinajstić information content (AvgIpc) is 3.34. The molecule has 3 aromatic rings. The van der Waals surface area contributed by atoms with Crippen LogP contribution in [-0.2, 0) is 4.79 Å². The minimum atomic E-state index is -0.829. The molecule has 0 bridgehead atoms. The second kappa shape index (κ2) is 11.1. The van der Waals surface area contributed by atoms with Crippen molar-refractivity contribution in [3.05, 3.63) is 59.4 Å². The molecule has 33 heavy (non-hydrogen) atoms. The van der Waals surface area contributed by atoms with Crippen molar-refractivity contribution >= 4 is 46.0 Å². The summed E-state index contributed by atoms with van der Waals surface area (Å²) in [6, 6.07) is 8.90. The standard InChI is InChI=1S/C24H26FN3O3S2/c1-31-17-6-7-21-19(14-17)18(20(25)15-26-21)4-2-8-28-10-9-27(16-22(28)24(29)30)11-13-33-23-5-3-12-32-23/h2-7,12,14-15,22H,8-11,13,16H2,1H3,(H,29,30)/b4-2+/t22-/m1/s1. The third-order valence-corrected chi connectivity index (χ3v) is 7.81. The number of aliphatic carboxylic acids is 1. The van der Waals surface area contributed by atoms with Gasteiger partial charge in [-0.15, -0.1) is 23.1 Å². The molecule has 3 heterocycles. The van der Waals surface area contributed by atoms with Gasteiger partial charge in [0.25, 0.3) is 0 Å². The number of carbonyl (C=O) groups is 1. The molecule has 1 aliphatic rings. The number of carboxylic acid groups (broad SMARTS) is 1. The molecule has 1 atom stereocenters. The van der Waals surface area contributed by atoms with Gasteiger partial charge in [0.2, 0.25) is 0 Å². The highest BCUT2D eigenvalue weighted by atomic mass is 32.2. The van der Waals surface area contributed by atoms with E-state index in [1.54, 1.807) is 54.5 Å². The predicted octanol–water partition coefficient (Wildman–Crippen LogP) is 4.32. The second-order valence-corrected chi connectivity index (χ2v) is 10.1. The first kappa shape index (κ1) is 23.7. The molecule has 4 rings (SSSR count). The Hall–Kier alpha value is -2.46. The van der Waals surface area contributed by atoms with Gasteiger partial charge < -0.3 is 9.84 Å². The number of fused-ring (bicyclic) bond motifs is 1. The number of rotatable bonds is 9. The molecule has 1 N–H and O–H groups in total. The lowest BCUT2D eigenvalue weighted by molar-refractivity contribution is -0.145. The highest BCUT2D eigenvalue weighted by molar-refractivity contribution is 8.01. The van der Waals surface area contributed by atoms with E-state index in [4.69, 9.17) is 4.74 Å². The first-order valence-corrected chi connectivity index (χ1v) is 12.6. The van der Waals surface area contributed by atoms with Crippen LogP contribution in [-0.4, -0.2) is 77.5 Å². The maximum atomic E-state index is 14.5. The minimum Gasteiger partial charge on any atom is -0.497 e. The van der Waals surface area contributed by atoms with E-state index in [1.807, 2.05) is 17.0 Å². The topological polar surface area (TPSA) is 65.9 Å². The van der Waals surface area contributed by atoms with Gasteiger partial charge in [-0.25, -0.2) is 4.39 Å². The fourth-order valence-electron chi connectivity index (χ4n) is 3.92. The molecule has 9 heteroatoms. The van der Waals surface area contributed by atoms with Crippen molar-refractivity contribution in [3.8, 4) is 5.75 Å². The summed E-state index contributed by atoms with van der Waals surface area (Å²) >= 11 is 3.53. The monoisotopic (exact) mass is 487 g/mol. The second-order valence-electron chi connectivity index (χ2n) is 7.74. The highest BCUT2D eigenvalue weighted by Crippen LogP contribution is 2.26. The SMILES string of the molecule is COc1ccc2ncc(F)c(/C=C/CN3CCN(CCSc4cccs4)C[C@@H]3C(=O)O)c2c1. The van der Waals surface area contributed by atoms with E-state index in [2.05, 4.69) is 21.3 Å². The highest BCUT2D eigenvalue weighted by Gasteiger charge is 2.31. The number of nitrogens with zero attached hydrogens (tertiary/aromatic N) is 3. The smallest absolute Gasteiger partial charge is 0.322 e. The molecule has 1 aliphatic heterocycles. The Kier molecular flexibility index (Phi) is 7.97. The van der Waals surface area contributed by atoms with Crippen molar-refractivity contribution in [1.82, 2.24) is 14.8 Å². The summed E-state index contributed by atoms with van der Waals surface area (Å²) in [6.45, 7) is 3.23. The molecule has 1 saturated heterocycles. The fraction of sp³-hybridized carbons (Fsp3) is 0.333. The Morgan fingerprint density at radius 2 is 2.27 bits per heavy atom. The van der Waals surface area contributed by atoms with Crippen molar-refractivity contribution in [2.75, 3.05) is 45.6 Å². The summed E-state index contributed by atoms with van der Waals surface area (Å²) in [5.74, 6) is 0.313. The average molecular weight is 488 g/mol. The van der Waals surface area contributed by atoms with Gasteiger partial charge in [0.1, 0.15) is 17.6 Å². The molecule has 1 aromatic carbocycles. The number of ether oxygens (including phenoxy) is 1. The number of piperazine rings is 1. The van der Waals surface area contributed by atoms with E-state index in [1.165, 1.54) is 10.4 Å². The van der Waals surface area contributed by atoms with Gasteiger partial charge in [0.15, 0.2) is 0 Å². The Bertz CT molecular complexity index is 1120. The molecule has 6 nitrogen and oxygen atoms in total. The normalized spacial score (nSPS) is 17.7. The minimum absolute atomic E-state index is 0.421. The largest absolute Gasteiger partial charge is 0.497 e. The van der Waals surface area contributed by atoms with Crippen LogP contribution >= 0.6 is 23.1 Å². The van der Waals surface area contributed by atoms with Crippen molar-refractivity contribution in [3.63, 3.8) is 0 Å². The Morgan fingerprint density at radius 3 is 3.03 bits per heavy atom. The van der Waals surface area contributed by atoms with E-state index < -0.39 is 17.8 Å². The number of aromatic nitrogens is 1. The van der Waals surface area contributed by atoms with Crippen LogP contribution in [0.25, 0.3) is 17.0 Å². The fourth-order valence-corrected chi connectivity index (χ4v) is 5.79. The zero-order chi connectivity index (χ0) is 23.2. The lowest BCUT2D eigenvalue weighted by Crippen LogP contribution is -2.56. The molecular weight excluding hydrogens is 461 g/mol. The maximum Gasteiger partial charge on any atom is 0.322 e. The van der Waals surface area contributed by atoms with Crippen molar-refractivity contribution < 1.29 is 19.0 Å². The molecular formula is C24H26FN3O3S2. The Labute approximate surface area is 200 Å². The van der Waals surface area contributed by atoms with Crippen LogP contribution in [0.3, 0.4) is 0 Å². The van der Waals surface area contributed by atoms with Crippen molar-refractivity contribution in [1.29, 1.82) is 0 Å². The number of hydrogen-bond acceptors (Lipinski definition) is 7. The van der Waals surface area contributed by atoms with Crippen LogP contribution in [0.1, 0.15) is 5.56 Å². The number of carboxylic acids is 1. The molecule has 0 amide bonds. The summed E-state index contributed by atoms with van der Waals surface area (Å²) in [5.41, 5.74) is 1.10. The lowest BCUT2D eigenvalue weighted by Gasteiger charge is -2.38. The summed E-state index contributed by atoms with van der Waals surface area (Å²) in [7, 11) is 1.57. The number of hydrogen-bond donors (Lipinski definition) is 1. The van der Waals surface area contributed by atoms with E-state index in [0.29, 0.717) is 41.9 Å². The van der Waals surface area contributed by atoms with Gasteiger partial charge in [-0.1, -0.05) is 18.2 Å². The predicted molar refractivity (Wildman–Crippen MR) is 132 cm³/mol. The van der Waals surface area contributed by atoms with Crippen LogP contribution in [0, 0.1) is 5.82 Å². The molecule has 0 saturated carbocycles. The first-order chi connectivity index (χ1) is 16.0. The molecule has 1 fully saturated rings. The first-order valence-electron chi connectivity index (χ1n) is 10.7. The maximum absolute atomic E-state index is 14.5. The van der Waals surface area contributed by atoms with E-state index in [9.17, 15) is 14.3 Å². The van der Waals surface area contributed by atoms with Gasteiger partial charge in [0.05, 0.1) is 23.0 Å². The van der Waals surface area contributed by atoms with E-state index >= 15 is 0 Å². The number of halogens is 1. The van der Waals surface area contributed by atoms with Gasteiger partial charge in [-0.2, -0.15) is 0 Å². The Morgan fingerprint density at radius 1 is 1.39 bits per heavy atom. The summed E-state index contributed by atoms with van der Waals surface area (Å²) < 4.78 is 21.1. The summed E-state index contributed by atoms with van der Waals surface area (Å²) in [6.07, 6.45) is 4.75. The van der Waals surface area contributed by atoms with Gasteiger partial charge in [-0.3, -0.25) is 19.6 Å². The Balaban J connectivity index is 1.39. The zero-order valence-electron chi connectivity index (χ0n) is 18.3. The quantitative estimate of drug-likeness (QED) is 0.451. The molecule has 0 unspecified atom stereocenters. The molecule has 0 radical (unpaired) electrons. The molecule has 174 valence electrons. The van der Waals surface area contributed by atoms with Crippen molar-refractivity contribution in [2.45, 2.75) is 10.3 Å². The van der Waals surface area contributed by atoms with Crippen LogP contribution in [0.5, 0.6) is 5.75 Å².